The van der Waals surface area contributed by atoms with Crippen LogP contribution in [-0.2, 0) is 0 Å². The zero-order chi connectivity index (χ0) is 18.2. The maximum atomic E-state index is 12.5. The molecule has 0 fully saturated rings. The van der Waals surface area contributed by atoms with Crippen LogP contribution in [0.15, 0.2) is 42.6 Å². The smallest absolute Gasteiger partial charge is 0.255 e. The number of ketones is 1. The Balaban J connectivity index is 2.18. The summed E-state index contributed by atoms with van der Waals surface area (Å²) >= 11 is 0. The van der Waals surface area contributed by atoms with E-state index in [1.807, 2.05) is 6.07 Å². The zero-order valence-electron chi connectivity index (χ0n) is 15.1. The number of amides is 1. The molecule has 132 valence electrons. The molecule has 0 radical (unpaired) electrons. The molecule has 1 heterocycles. The lowest BCUT2D eigenvalue weighted by Crippen LogP contribution is -2.26. The Kier molecular flexibility index (Phi) is 6.69. The number of benzene rings is 1. The van der Waals surface area contributed by atoms with E-state index in [0.717, 1.165) is 31.7 Å². The van der Waals surface area contributed by atoms with Crippen LogP contribution in [-0.4, -0.2) is 29.8 Å². The van der Waals surface area contributed by atoms with Gasteiger partial charge in [-0.25, -0.2) is 4.98 Å². The maximum Gasteiger partial charge on any atom is 0.255 e. The van der Waals surface area contributed by atoms with Crippen LogP contribution in [0.4, 0.5) is 11.5 Å². The van der Waals surface area contributed by atoms with Gasteiger partial charge in [0.05, 0.1) is 0 Å². The summed E-state index contributed by atoms with van der Waals surface area (Å²) in [6.45, 7) is 7.58. The standard InChI is InChI=1S/C20H25N3O2/c1-4-11-23(12-5-2)19-14-17(9-10-21-19)20(25)22-18-8-6-7-16(13-18)15(3)24/h6-10,13-14H,4-5,11-12H2,1-3H3,(H,22,25). The minimum absolute atomic E-state index is 0.0305. The monoisotopic (exact) mass is 339 g/mol. The number of carbonyl (C=O) groups is 2. The van der Waals surface area contributed by atoms with Gasteiger partial charge in [0, 0.05) is 36.1 Å². The first-order chi connectivity index (χ1) is 12.0. The lowest BCUT2D eigenvalue weighted by atomic mass is 10.1. The topological polar surface area (TPSA) is 62.3 Å². The van der Waals surface area contributed by atoms with E-state index in [1.54, 1.807) is 36.5 Å². The van der Waals surface area contributed by atoms with E-state index in [0.29, 0.717) is 16.8 Å². The SMILES string of the molecule is CCCN(CCC)c1cc(C(=O)Nc2cccc(C(C)=O)c2)ccn1. The van der Waals surface area contributed by atoms with Crippen molar-refractivity contribution in [3.05, 3.63) is 53.7 Å². The van der Waals surface area contributed by atoms with Crippen molar-refractivity contribution in [2.24, 2.45) is 0 Å². The predicted octanol–water partition coefficient (Wildman–Crippen LogP) is 4.16. The fraction of sp³-hybridized carbons (Fsp3) is 0.350. The van der Waals surface area contributed by atoms with Crippen molar-refractivity contribution in [1.82, 2.24) is 4.98 Å². The van der Waals surface area contributed by atoms with Crippen molar-refractivity contribution < 1.29 is 9.59 Å². The van der Waals surface area contributed by atoms with Crippen LogP contribution in [0.2, 0.25) is 0 Å². The summed E-state index contributed by atoms with van der Waals surface area (Å²) in [7, 11) is 0. The summed E-state index contributed by atoms with van der Waals surface area (Å²) in [6.07, 6.45) is 3.71. The van der Waals surface area contributed by atoms with E-state index >= 15 is 0 Å². The molecule has 2 aromatic rings. The quantitative estimate of drug-likeness (QED) is 0.734. The normalized spacial score (nSPS) is 10.4. The van der Waals surface area contributed by atoms with Gasteiger partial charge in [-0.3, -0.25) is 9.59 Å². The number of nitrogens with one attached hydrogen (secondary N) is 1. The van der Waals surface area contributed by atoms with Crippen molar-refractivity contribution in [2.75, 3.05) is 23.3 Å². The van der Waals surface area contributed by atoms with E-state index in [2.05, 4.69) is 29.0 Å². The zero-order valence-corrected chi connectivity index (χ0v) is 15.1. The number of carbonyl (C=O) groups excluding carboxylic acids is 2. The molecule has 5 nitrogen and oxygen atoms in total. The molecule has 1 aromatic heterocycles. The molecular formula is C20H25N3O2. The van der Waals surface area contributed by atoms with Crippen molar-refractivity contribution >= 4 is 23.2 Å². The second-order valence-corrected chi connectivity index (χ2v) is 5.98. The predicted molar refractivity (Wildman–Crippen MR) is 101 cm³/mol. The molecule has 1 aromatic carbocycles. The van der Waals surface area contributed by atoms with Gasteiger partial charge in [-0.1, -0.05) is 26.0 Å². The first-order valence-electron chi connectivity index (χ1n) is 8.68. The van der Waals surface area contributed by atoms with Gasteiger partial charge < -0.3 is 10.2 Å². The second-order valence-electron chi connectivity index (χ2n) is 5.98. The highest BCUT2D eigenvalue weighted by Crippen LogP contribution is 2.16. The Bertz CT molecular complexity index is 737. The van der Waals surface area contributed by atoms with Gasteiger partial charge in [-0.05, 0) is 44.0 Å². The molecule has 5 heteroatoms. The molecule has 0 aliphatic carbocycles. The summed E-state index contributed by atoms with van der Waals surface area (Å²) in [6, 6.07) is 10.5. The van der Waals surface area contributed by atoms with Crippen molar-refractivity contribution in [3.63, 3.8) is 0 Å². The third-order valence-electron chi connectivity index (χ3n) is 3.85. The van der Waals surface area contributed by atoms with Crippen LogP contribution in [0.3, 0.4) is 0 Å². The van der Waals surface area contributed by atoms with Crippen molar-refractivity contribution in [1.29, 1.82) is 0 Å². The molecular weight excluding hydrogens is 314 g/mol. The molecule has 25 heavy (non-hydrogen) atoms. The van der Waals surface area contributed by atoms with Crippen molar-refractivity contribution in [3.8, 4) is 0 Å². The first-order valence-corrected chi connectivity index (χ1v) is 8.68. The van der Waals surface area contributed by atoms with E-state index in [1.165, 1.54) is 6.92 Å². The largest absolute Gasteiger partial charge is 0.357 e. The molecule has 1 amide bonds. The Morgan fingerprint density at radius 2 is 1.76 bits per heavy atom. The maximum absolute atomic E-state index is 12.5. The summed E-state index contributed by atoms with van der Waals surface area (Å²) < 4.78 is 0. The van der Waals surface area contributed by atoms with Gasteiger partial charge in [-0.2, -0.15) is 0 Å². The molecule has 0 aliphatic heterocycles. The highest BCUT2D eigenvalue weighted by Gasteiger charge is 2.12. The van der Waals surface area contributed by atoms with E-state index in [9.17, 15) is 9.59 Å². The highest BCUT2D eigenvalue weighted by atomic mass is 16.1. The van der Waals surface area contributed by atoms with Crippen LogP contribution in [0.25, 0.3) is 0 Å². The Morgan fingerprint density at radius 3 is 2.40 bits per heavy atom. The number of nitrogens with zero attached hydrogens (tertiary/aromatic N) is 2. The molecule has 0 bridgehead atoms. The number of Topliss-reactive ketones (excluding diaryl/α,β-unsaturated/α-hetero) is 1. The molecule has 0 saturated heterocycles. The molecule has 0 unspecified atom stereocenters. The molecule has 2 rings (SSSR count). The summed E-state index contributed by atoms with van der Waals surface area (Å²) in [5.74, 6) is 0.572. The van der Waals surface area contributed by atoms with Crippen LogP contribution in [0.5, 0.6) is 0 Å². The third kappa shape index (κ3) is 5.14. The summed E-state index contributed by atoms with van der Waals surface area (Å²) in [4.78, 5) is 30.6. The number of pyridine rings is 1. The summed E-state index contributed by atoms with van der Waals surface area (Å²) in [5, 5.41) is 2.85. The average molecular weight is 339 g/mol. The third-order valence-corrected chi connectivity index (χ3v) is 3.85. The number of anilines is 2. The van der Waals surface area contributed by atoms with Gasteiger partial charge >= 0.3 is 0 Å². The first kappa shape index (κ1) is 18.6. The Labute approximate surface area is 149 Å². The Morgan fingerprint density at radius 1 is 1.04 bits per heavy atom. The molecule has 1 N–H and O–H groups in total. The number of aromatic nitrogens is 1. The highest BCUT2D eigenvalue weighted by molar-refractivity contribution is 6.05. The van der Waals surface area contributed by atoms with Crippen LogP contribution in [0.1, 0.15) is 54.3 Å². The van der Waals surface area contributed by atoms with Crippen LogP contribution in [0, 0.1) is 0 Å². The molecule has 0 atom stereocenters. The van der Waals surface area contributed by atoms with Crippen LogP contribution < -0.4 is 10.2 Å². The van der Waals surface area contributed by atoms with E-state index in [-0.39, 0.29) is 11.7 Å². The molecule has 0 spiro atoms. The minimum atomic E-state index is -0.211. The Hall–Kier alpha value is -2.69. The summed E-state index contributed by atoms with van der Waals surface area (Å²) in [5.41, 5.74) is 1.73. The fourth-order valence-corrected chi connectivity index (χ4v) is 2.63. The number of hydrogen-bond donors (Lipinski definition) is 1. The average Bonchev–Trinajstić information content (AvgIpc) is 2.62. The van der Waals surface area contributed by atoms with E-state index in [4.69, 9.17) is 0 Å². The van der Waals surface area contributed by atoms with Crippen molar-refractivity contribution in [2.45, 2.75) is 33.6 Å². The lowest BCUT2D eigenvalue weighted by Gasteiger charge is -2.22. The lowest BCUT2D eigenvalue weighted by molar-refractivity contribution is 0.101. The second kappa shape index (κ2) is 8.97. The van der Waals surface area contributed by atoms with Gasteiger partial charge in [0.25, 0.3) is 5.91 Å². The minimum Gasteiger partial charge on any atom is -0.357 e. The van der Waals surface area contributed by atoms with Gasteiger partial charge in [0.15, 0.2) is 5.78 Å². The van der Waals surface area contributed by atoms with Gasteiger partial charge in [0.1, 0.15) is 5.82 Å². The van der Waals surface area contributed by atoms with Crippen LogP contribution >= 0.6 is 0 Å². The molecule has 0 aliphatic rings. The van der Waals surface area contributed by atoms with E-state index < -0.39 is 0 Å². The number of rotatable bonds is 8. The van der Waals surface area contributed by atoms with Gasteiger partial charge in [0.2, 0.25) is 0 Å². The fourth-order valence-electron chi connectivity index (χ4n) is 2.63. The molecule has 0 saturated carbocycles. The number of hydrogen-bond acceptors (Lipinski definition) is 4. The van der Waals surface area contributed by atoms with Gasteiger partial charge in [-0.15, -0.1) is 0 Å².